The highest BCUT2D eigenvalue weighted by Gasteiger charge is 2.16. The number of aromatic nitrogens is 2. The molecule has 0 saturated heterocycles. The van der Waals surface area contributed by atoms with E-state index in [0.717, 1.165) is 6.20 Å². The molecule has 3 rings (SSSR count). The van der Waals surface area contributed by atoms with Crippen molar-refractivity contribution in [3.63, 3.8) is 0 Å². The Morgan fingerprint density at radius 2 is 1.97 bits per heavy atom. The fourth-order valence-electron chi connectivity index (χ4n) is 2.54. The fourth-order valence-corrected chi connectivity index (χ4v) is 3.22. The monoisotopic (exact) mass is 444 g/mol. The van der Waals surface area contributed by atoms with E-state index in [1.165, 1.54) is 25.3 Å². The minimum atomic E-state index is -3.96. The molecule has 0 spiro atoms. The van der Waals surface area contributed by atoms with Crippen LogP contribution in [0.1, 0.15) is 0 Å². The molecule has 0 bridgehead atoms. The number of nitriles is 1. The van der Waals surface area contributed by atoms with Crippen molar-refractivity contribution in [3.05, 3.63) is 54.5 Å². The van der Waals surface area contributed by atoms with Crippen LogP contribution in [-0.4, -0.2) is 32.1 Å². The number of nitrogens with one attached hydrogen (secondary N) is 2. The Kier molecular flexibility index (Phi) is 6.49. The van der Waals surface area contributed by atoms with Crippen LogP contribution >= 0.6 is 0 Å². The molecule has 1 heterocycles. The Bertz CT molecular complexity index is 1250. The summed E-state index contributed by atoms with van der Waals surface area (Å²) in [5.41, 5.74) is 0.881. The second-order valence-corrected chi connectivity index (χ2v) is 7.56. The maximum Gasteiger partial charge on any atom is 0.241 e. The minimum Gasteiger partial charge on any atom is -0.495 e. The number of benzene rings is 2. The van der Waals surface area contributed by atoms with Gasteiger partial charge in [0.05, 0.1) is 13.3 Å². The molecule has 2 aromatic carbocycles. The van der Waals surface area contributed by atoms with Gasteiger partial charge in [0.25, 0.3) is 0 Å². The minimum absolute atomic E-state index is 0.0298. The first kappa shape index (κ1) is 21.8. The van der Waals surface area contributed by atoms with Crippen molar-refractivity contribution in [1.82, 2.24) is 9.97 Å². The number of sulfonamides is 1. The van der Waals surface area contributed by atoms with E-state index in [2.05, 4.69) is 20.6 Å². The zero-order valence-corrected chi connectivity index (χ0v) is 17.0. The third-order valence-electron chi connectivity index (χ3n) is 3.87. The molecule has 0 aliphatic heterocycles. The van der Waals surface area contributed by atoms with Gasteiger partial charge in [0, 0.05) is 23.5 Å². The second-order valence-electron chi connectivity index (χ2n) is 6.03. The third-order valence-corrected chi connectivity index (χ3v) is 4.82. The summed E-state index contributed by atoms with van der Waals surface area (Å²) < 4.78 is 47.7. The summed E-state index contributed by atoms with van der Waals surface area (Å²) in [6.45, 7) is -0.118. The molecule has 3 aromatic rings. The molecule has 0 saturated carbocycles. The summed E-state index contributed by atoms with van der Waals surface area (Å²) in [6, 6.07) is 12.6. The van der Waals surface area contributed by atoms with Gasteiger partial charge in [-0.3, -0.25) is 0 Å². The Morgan fingerprint density at radius 3 is 2.68 bits per heavy atom. The van der Waals surface area contributed by atoms with Gasteiger partial charge >= 0.3 is 0 Å². The largest absolute Gasteiger partial charge is 0.495 e. The molecule has 10 nitrogen and oxygen atoms in total. The predicted octanol–water partition coefficient (Wildman–Crippen LogP) is 2.66. The van der Waals surface area contributed by atoms with E-state index in [9.17, 15) is 12.8 Å². The molecular formula is C19H17FN6O4S. The van der Waals surface area contributed by atoms with E-state index in [-0.39, 0.29) is 29.0 Å². The van der Waals surface area contributed by atoms with Crippen molar-refractivity contribution in [2.24, 2.45) is 5.14 Å². The Balaban J connectivity index is 1.83. The van der Waals surface area contributed by atoms with Crippen molar-refractivity contribution in [2.45, 2.75) is 4.90 Å². The molecular weight excluding hydrogens is 427 g/mol. The zero-order chi connectivity index (χ0) is 22.4. The number of nitrogens with two attached hydrogens (primary N) is 1. The molecule has 160 valence electrons. The van der Waals surface area contributed by atoms with Gasteiger partial charge in [-0.2, -0.15) is 10.2 Å². The van der Waals surface area contributed by atoms with E-state index < -0.39 is 15.8 Å². The standard InChI is InChI=1S/C19H17FN6O4S/c1-29-16-10-13(5-6-17(16)31(22,27)28)25-19-23-11-15(20)18(26-19)24-12-3-2-4-14(9-12)30-8-7-21/h2-6,9-11H,8H2,1H3,(H2,22,27,28)(H2,23,24,25,26). The van der Waals surface area contributed by atoms with E-state index in [4.69, 9.17) is 19.9 Å². The van der Waals surface area contributed by atoms with Gasteiger partial charge in [0.15, 0.2) is 18.2 Å². The predicted molar refractivity (Wildman–Crippen MR) is 110 cm³/mol. The molecule has 0 aliphatic rings. The number of hydrogen-bond donors (Lipinski definition) is 3. The van der Waals surface area contributed by atoms with Gasteiger partial charge in [0.1, 0.15) is 22.5 Å². The van der Waals surface area contributed by atoms with Gasteiger partial charge in [-0.15, -0.1) is 0 Å². The van der Waals surface area contributed by atoms with Crippen molar-refractivity contribution < 1.29 is 22.3 Å². The highest BCUT2D eigenvalue weighted by atomic mass is 32.2. The van der Waals surface area contributed by atoms with E-state index in [1.54, 1.807) is 24.3 Å². The number of anilines is 4. The number of hydrogen-bond acceptors (Lipinski definition) is 9. The highest BCUT2D eigenvalue weighted by Crippen LogP contribution is 2.28. The van der Waals surface area contributed by atoms with Crippen LogP contribution in [0.25, 0.3) is 0 Å². The summed E-state index contributed by atoms with van der Waals surface area (Å²) in [5.74, 6) is -0.297. The van der Waals surface area contributed by atoms with Crippen LogP contribution in [0.3, 0.4) is 0 Å². The molecule has 0 radical (unpaired) electrons. The first-order valence-corrected chi connectivity index (χ1v) is 10.2. The molecule has 0 fully saturated rings. The van der Waals surface area contributed by atoms with Crippen LogP contribution in [0.2, 0.25) is 0 Å². The van der Waals surface area contributed by atoms with Gasteiger partial charge < -0.3 is 20.1 Å². The molecule has 0 aliphatic carbocycles. The molecule has 1 aromatic heterocycles. The number of primary sulfonamides is 1. The molecule has 0 amide bonds. The van der Waals surface area contributed by atoms with Crippen LogP contribution in [0.4, 0.5) is 27.5 Å². The van der Waals surface area contributed by atoms with Crippen molar-refractivity contribution >= 4 is 33.2 Å². The number of halogens is 1. The quantitative estimate of drug-likeness (QED) is 0.476. The average molecular weight is 444 g/mol. The van der Waals surface area contributed by atoms with Crippen LogP contribution < -0.4 is 25.2 Å². The molecule has 0 unspecified atom stereocenters. The maximum atomic E-state index is 14.2. The molecule has 4 N–H and O–H groups in total. The van der Waals surface area contributed by atoms with Gasteiger partial charge in [-0.25, -0.2) is 22.9 Å². The summed E-state index contributed by atoms with van der Waals surface area (Å²) >= 11 is 0. The molecule has 31 heavy (non-hydrogen) atoms. The lowest BCUT2D eigenvalue weighted by molar-refractivity contribution is 0.368. The smallest absolute Gasteiger partial charge is 0.241 e. The lowest BCUT2D eigenvalue weighted by atomic mass is 10.3. The molecule has 12 heteroatoms. The normalized spacial score (nSPS) is 10.8. The lowest BCUT2D eigenvalue weighted by Gasteiger charge is -2.12. The Hall–Kier alpha value is -3.95. The number of ether oxygens (including phenoxy) is 2. The average Bonchev–Trinajstić information content (AvgIpc) is 2.74. The SMILES string of the molecule is COc1cc(Nc2ncc(F)c(Nc3cccc(OCC#N)c3)n2)ccc1S(N)(=O)=O. The van der Waals surface area contributed by atoms with Gasteiger partial charge in [-0.1, -0.05) is 6.07 Å². The van der Waals surface area contributed by atoms with Crippen LogP contribution in [0, 0.1) is 17.1 Å². The maximum absolute atomic E-state index is 14.2. The fraction of sp³-hybridized carbons (Fsp3) is 0.105. The third kappa shape index (κ3) is 5.56. The first-order valence-electron chi connectivity index (χ1n) is 8.67. The zero-order valence-electron chi connectivity index (χ0n) is 16.2. The second kappa shape index (κ2) is 9.24. The topological polar surface area (TPSA) is 152 Å². The van der Waals surface area contributed by atoms with Crippen LogP contribution in [0.5, 0.6) is 11.5 Å². The Labute approximate surface area is 177 Å². The van der Waals surface area contributed by atoms with Crippen molar-refractivity contribution in [2.75, 3.05) is 24.4 Å². The summed E-state index contributed by atoms with van der Waals surface area (Å²) in [6.07, 6.45) is 0.976. The molecule has 0 atom stereocenters. The van der Waals surface area contributed by atoms with Crippen molar-refractivity contribution in [1.29, 1.82) is 5.26 Å². The number of methoxy groups -OCH3 is 1. The highest BCUT2D eigenvalue weighted by molar-refractivity contribution is 7.89. The van der Waals surface area contributed by atoms with Crippen LogP contribution in [0.15, 0.2) is 53.6 Å². The lowest BCUT2D eigenvalue weighted by Crippen LogP contribution is -2.13. The first-order chi connectivity index (χ1) is 14.8. The summed E-state index contributed by atoms with van der Waals surface area (Å²) in [4.78, 5) is 7.80. The van der Waals surface area contributed by atoms with E-state index in [1.807, 2.05) is 6.07 Å². The van der Waals surface area contributed by atoms with E-state index >= 15 is 0 Å². The number of nitrogens with zero attached hydrogens (tertiary/aromatic N) is 3. The van der Waals surface area contributed by atoms with Gasteiger partial charge in [-0.05, 0) is 24.3 Å². The van der Waals surface area contributed by atoms with Gasteiger partial charge in [0.2, 0.25) is 16.0 Å². The number of rotatable bonds is 8. The summed E-state index contributed by atoms with van der Waals surface area (Å²) in [5, 5.41) is 19.4. The van der Waals surface area contributed by atoms with Crippen LogP contribution in [-0.2, 0) is 10.0 Å². The van der Waals surface area contributed by atoms with Crippen molar-refractivity contribution in [3.8, 4) is 17.6 Å². The van der Waals surface area contributed by atoms with E-state index in [0.29, 0.717) is 17.1 Å². The summed E-state index contributed by atoms with van der Waals surface area (Å²) in [7, 11) is -2.66. The Morgan fingerprint density at radius 1 is 1.19 bits per heavy atom.